The van der Waals surface area contributed by atoms with Crippen LogP contribution in [-0.4, -0.2) is 35.2 Å². The monoisotopic (exact) mass is 1440 g/mol. The van der Waals surface area contributed by atoms with Crippen molar-refractivity contribution >= 4 is 128 Å². The van der Waals surface area contributed by atoms with Crippen molar-refractivity contribution in [3.05, 3.63) is 333 Å². The third-order valence-electron chi connectivity index (χ3n) is 18.7. The van der Waals surface area contributed by atoms with E-state index in [0.29, 0.717) is 0 Å². The fourth-order valence-electron chi connectivity index (χ4n) is 12.7. The van der Waals surface area contributed by atoms with Gasteiger partial charge in [-0.1, -0.05) is 278 Å². The van der Waals surface area contributed by atoms with E-state index in [1.807, 2.05) is 114 Å². The Morgan fingerprint density at radius 1 is 0.308 bits per heavy atom. The van der Waals surface area contributed by atoms with Gasteiger partial charge in [-0.2, -0.15) is 0 Å². The molecule has 0 amide bonds. The normalized spacial score (nSPS) is 10.7. The topological polar surface area (TPSA) is 33.8 Å². The standard InChI is InChI=1S/C29H21NS2.C25H19NS2.C19H33N.C15H15N.C7H9N/c1-30(25-15-7-11-21-9-3-5-13-23(21)25)29-19-18-28(32-29)27-17-16-26(31-27)24-14-6-10-20-8-2-4-12-22(20)24;1-26(19-10-3-2-4-11-19)25-17-16-24(28-25)23-15-14-22(27-23)21-13-7-9-18-8-5-6-12-20(18)21;1-3-4-5-6-7-8-9-10-11-12-13-18-14-16-19(20-2)17-15-18;1-3-13-9-11-15(12-10-13)16(2)14-7-5-4-6-8-14;1-8-7-5-3-2-4-6-7/h2-19H,1H3;2-17H,1H3;14-17,20H,3-13H2,1-2H3;3-12H,1H2,2H3;2-6,8H,1H3. The van der Waals surface area contributed by atoms with E-state index in [4.69, 9.17) is 0 Å². The fraction of sp³-hybridized carbons (Fsp3) is 0.179. The Bertz CT molecular complexity index is 5000. The average molecular weight is 1440 g/mol. The summed E-state index contributed by atoms with van der Waals surface area (Å²) in [5.41, 5.74) is 12.4. The summed E-state index contributed by atoms with van der Waals surface area (Å²) in [5.74, 6) is 0. The van der Waals surface area contributed by atoms with Crippen LogP contribution in [0.3, 0.4) is 0 Å². The largest absolute Gasteiger partial charge is 0.388 e. The van der Waals surface area contributed by atoms with Crippen LogP contribution in [0.4, 0.5) is 44.1 Å². The van der Waals surface area contributed by atoms with Crippen molar-refractivity contribution in [1.82, 2.24) is 0 Å². The molecule has 0 aliphatic heterocycles. The van der Waals surface area contributed by atoms with Crippen molar-refractivity contribution in [2.75, 3.05) is 60.6 Å². The molecule has 15 rings (SSSR count). The lowest BCUT2D eigenvalue weighted by Gasteiger charge is -2.19. The lowest BCUT2D eigenvalue weighted by molar-refractivity contribution is 0.556. The Balaban J connectivity index is 0.000000138. The molecule has 2 N–H and O–H groups in total. The van der Waals surface area contributed by atoms with Gasteiger partial charge in [-0.3, -0.25) is 0 Å². The summed E-state index contributed by atoms with van der Waals surface area (Å²) >= 11 is 7.42. The van der Waals surface area contributed by atoms with Crippen molar-refractivity contribution in [3.8, 4) is 40.4 Å². The number of nitrogens with zero attached hydrogens (tertiary/aromatic N) is 3. The highest BCUT2D eigenvalue weighted by molar-refractivity contribution is 7.26. The second kappa shape index (κ2) is 39.4. The first-order chi connectivity index (χ1) is 51.2. The molecule has 15 aromatic rings. The minimum atomic E-state index is 1.14. The fourth-order valence-corrected chi connectivity index (χ4v) is 16.9. The molecule has 0 saturated heterocycles. The molecule has 0 fully saturated rings. The molecule has 11 aromatic carbocycles. The van der Waals surface area contributed by atoms with Gasteiger partial charge < -0.3 is 25.3 Å². The first kappa shape index (κ1) is 74.9. The van der Waals surface area contributed by atoms with Gasteiger partial charge in [-0.25, -0.2) is 0 Å². The lowest BCUT2D eigenvalue weighted by Crippen LogP contribution is -2.08. The smallest absolute Gasteiger partial charge is 0.0957 e. The van der Waals surface area contributed by atoms with Gasteiger partial charge in [0, 0.05) is 104 Å². The van der Waals surface area contributed by atoms with Gasteiger partial charge in [0.1, 0.15) is 0 Å². The SMILES string of the molecule is C=Cc1ccc(N(C)c2ccccc2)cc1.CCCCCCCCCCCCc1ccc(NC)cc1.CN(c1ccc(-c2ccc(-c3cccc4ccccc34)s2)s1)c1cccc2ccccc12.CN(c1ccccc1)c1ccc(-c2ccc(-c3cccc4ccccc34)s2)s1.CNc1ccccc1. The van der Waals surface area contributed by atoms with Crippen LogP contribution in [0.1, 0.15) is 82.3 Å². The zero-order chi connectivity index (χ0) is 72.1. The predicted molar refractivity (Wildman–Crippen MR) is 466 cm³/mol. The van der Waals surface area contributed by atoms with E-state index in [2.05, 4.69) is 327 Å². The highest BCUT2D eigenvalue weighted by atomic mass is 32.1. The molecule has 9 heteroatoms. The first-order valence-electron chi connectivity index (χ1n) is 36.6. The van der Waals surface area contributed by atoms with Crippen molar-refractivity contribution in [2.45, 2.75) is 77.6 Å². The van der Waals surface area contributed by atoms with Gasteiger partial charge in [0.15, 0.2) is 0 Å². The molecule has 104 heavy (non-hydrogen) atoms. The molecule has 526 valence electrons. The molecule has 5 nitrogen and oxygen atoms in total. The number of fused-ring (bicyclic) bond motifs is 3. The number of hydrogen-bond acceptors (Lipinski definition) is 9. The molecule has 0 atom stereocenters. The molecular weight excluding hydrogens is 1340 g/mol. The zero-order valence-corrected chi connectivity index (χ0v) is 64.3. The Kier molecular flexibility index (Phi) is 28.4. The molecule has 0 unspecified atom stereocenters. The van der Waals surface area contributed by atoms with Crippen molar-refractivity contribution in [2.24, 2.45) is 0 Å². The highest BCUT2D eigenvalue weighted by Gasteiger charge is 2.16. The van der Waals surface area contributed by atoms with Gasteiger partial charge in [-0.15, -0.1) is 45.3 Å². The van der Waals surface area contributed by atoms with Crippen LogP contribution in [0.25, 0.3) is 78.8 Å². The van der Waals surface area contributed by atoms with Crippen molar-refractivity contribution < 1.29 is 0 Å². The number of nitrogens with one attached hydrogen (secondary N) is 2. The summed E-state index contributed by atoms with van der Waals surface area (Å²) in [6.45, 7) is 6.03. The minimum Gasteiger partial charge on any atom is -0.388 e. The molecule has 4 heterocycles. The molecule has 0 spiro atoms. The van der Waals surface area contributed by atoms with Crippen LogP contribution in [0.2, 0.25) is 0 Å². The average Bonchev–Trinajstić information content (AvgIpc) is 1.63. The summed E-state index contributed by atoms with van der Waals surface area (Å²) in [5, 5.41) is 16.4. The molecule has 0 saturated carbocycles. The Hall–Kier alpha value is -10.3. The van der Waals surface area contributed by atoms with Crippen LogP contribution in [-0.2, 0) is 6.42 Å². The Labute approximate surface area is 634 Å². The molecule has 0 radical (unpaired) electrons. The van der Waals surface area contributed by atoms with Crippen LogP contribution < -0.4 is 25.3 Å². The van der Waals surface area contributed by atoms with Gasteiger partial charge in [0.2, 0.25) is 0 Å². The summed E-state index contributed by atoms with van der Waals surface area (Å²) in [6.07, 6.45) is 17.2. The zero-order valence-electron chi connectivity index (χ0n) is 61.1. The van der Waals surface area contributed by atoms with Crippen LogP contribution >= 0.6 is 45.3 Å². The van der Waals surface area contributed by atoms with Crippen molar-refractivity contribution in [3.63, 3.8) is 0 Å². The number of unbranched alkanes of at least 4 members (excludes halogenated alkanes) is 9. The second-order valence-electron chi connectivity index (χ2n) is 25.8. The van der Waals surface area contributed by atoms with E-state index in [-0.39, 0.29) is 0 Å². The summed E-state index contributed by atoms with van der Waals surface area (Å²) in [7, 11) is 10.2. The molecule has 0 aliphatic carbocycles. The number of rotatable bonds is 24. The van der Waals surface area contributed by atoms with E-state index < -0.39 is 0 Å². The van der Waals surface area contributed by atoms with Crippen LogP contribution in [0, 0.1) is 0 Å². The maximum absolute atomic E-state index is 3.75. The number of thiophene rings is 4. The number of benzene rings is 11. The quantitative estimate of drug-likeness (QED) is 0.0590. The third-order valence-corrected chi connectivity index (χ3v) is 23.7. The molecule has 0 bridgehead atoms. The minimum absolute atomic E-state index is 1.14. The van der Waals surface area contributed by atoms with E-state index >= 15 is 0 Å². The molecule has 0 aliphatic rings. The van der Waals surface area contributed by atoms with Crippen LogP contribution in [0.15, 0.2) is 322 Å². The predicted octanol–water partition coefficient (Wildman–Crippen LogP) is 29.3. The van der Waals surface area contributed by atoms with E-state index in [1.165, 1.54) is 187 Å². The Morgan fingerprint density at radius 3 is 1.17 bits per heavy atom. The number of aryl methyl sites for hydroxylation is 1. The van der Waals surface area contributed by atoms with Crippen molar-refractivity contribution in [1.29, 1.82) is 0 Å². The summed E-state index contributed by atoms with van der Waals surface area (Å²) in [6, 6.07) is 111. The Morgan fingerprint density at radius 2 is 0.683 bits per heavy atom. The molecule has 4 aromatic heterocycles. The number of hydrogen-bond donors (Lipinski definition) is 2. The van der Waals surface area contributed by atoms with Crippen LogP contribution in [0.5, 0.6) is 0 Å². The van der Waals surface area contributed by atoms with Gasteiger partial charge >= 0.3 is 0 Å². The maximum atomic E-state index is 3.75. The van der Waals surface area contributed by atoms with E-state index in [1.54, 1.807) is 0 Å². The third kappa shape index (κ3) is 20.8. The number of anilines is 8. The van der Waals surface area contributed by atoms with Gasteiger partial charge in [0.25, 0.3) is 0 Å². The van der Waals surface area contributed by atoms with E-state index in [9.17, 15) is 0 Å². The maximum Gasteiger partial charge on any atom is 0.0957 e. The number of para-hydroxylation sites is 3. The lowest BCUT2D eigenvalue weighted by atomic mass is 10.0. The van der Waals surface area contributed by atoms with E-state index in [0.717, 1.165) is 11.3 Å². The highest BCUT2D eigenvalue weighted by Crippen LogP contribution is 2.45. The van der Waals surface area contributed by atoms with Gasteiger partial charge in [0.05, 0.1) is 10.0 Å². The van der Waals surface area contributed by atoms with Gasteiger partial charge in [-0.05, 0) is 177 Å². The second-order valence-corrected chi connectivity index (χ2v) is 30.1. The molecular formula is C95H97N5S4. The summed E-state index contributed by atoms with van der Waals surface area (Å²) < 4.78 is 0. The first-order valence-corrected chi connectivity index (χ1v) is 39.8. The summed E-state index contributed by atoms with van der Waals surface area (Å²) in [4.78, 5) is 14.6.